The number of ether oxygens (including phenoxy) is 1. The average Bonchev–Trinajstić information content (AvgIpc) is 2.52. The van der Waals surface area contributed by atoms with Gasteiger partial charge in [0.15, 0.2) is 11.0 Å². The maximum Gasteiger partial charge on any atom is 0.251 e. The number of nitrogens with zero attached hydrogens (tertiary/aromatic N) is 1. The summed E-state index contributed by atoms with van der Waals surface area (Å²) in [6.45, 7) is 0.954. The van der Waals surface area contributed by atoms with E-state index in [1.807, 2.05) is 0 Å². The highest BCUT2D eigenvalue weighted by atomic mass is 32.1. The number of aliphatic hydroxyl groups is 3. The van der Waals surface area contributed by atoms with Gasteiger partial charge in [-0.15, -0.1) is 0 Å². The molecule has 0 aliphatic carbocycles. The summed E-state index contributed by atoms with van der Waals surface area (Å²) in [4.78, 5) is 13.5. The molecule has 0 spiro atoms. The molecule has 18 heavy (non-hydrogen) atoms. The average molecular weight is 274 g/mol. The third kappa shape index (κ3) is 2.02. The van der Waals surface area contributed by atoms with Crippen LogP contribution in [0.3, 0.4) is 0 Å². The molecule has 0 bridgehead atoms. The molecule has 2 unspecified atom stereocenters. The van der Waals surface area contributed by atoms with Gasteiger partial charge in [0.2, 0.25) is 0 Å². The predicted octanol–water partition coefficient (Wildman–Crippen LogP) is -1.09. The molecule has 0 aromatic carbocycles. The fourth-order valence-corrected chi connectivity index (χ4v) is 2.26. The van der Waals surface area contributed by atoms with E-state index < -0.39 is 30.6 Å². The van der Waals surface area contributed by atoms with Crippen molar-refractivity contribution < 1.29 is 20.1 Å². The summed E-state index contributed by atoms with van der Waals surface area (Å²) in [6, 6.07) is 1.23. The maximum absolute atomic E-state index is 11.1. The molecule has 1 aliphatic rings. The van der Waals surface area contributed by atoms with E-state index in [4.69, 9.17) is 22.1 Å². The molecule has 7 nitrogen and oxygen atoms in total. The molecule has 1 aliphatic heterocycles. The Morgan fingerprint density at radius 1 is 1.67 bits per heavy atom. The zero-order valence-corrected chi connectivity index (χ0v) is 10.4. The smallest absolute Gasteiger partial charge is 0.251 e. The van der Waals surface area contributed by atoms with Crippen molar-refractivity contribution in [2.24, 2.45) is 0 Å². The molecular weight excluding hydrogens is 260 g/mol. The first-order valence-corrected chi connectivity index (χ1v) is 5.77. The molecule has 1 fully saturated rings. The van der Waals surface area contributed by atoms with E-state index in [0.717, 1.165) is 0 Å². The van der Waals surface area contributed by atoms with E-state index in [2.05, 4.69) is 4.98 Å². The highest BCUT2D eigenvalue weighted by Gasteiger charge is 2.52. The van der Waals surface area contributed by atoms with Gasteiger partial charge in [-0.2, -0.15) is 0 Å². The van der Waals surface area contributed by atoms with E-state index in [1.54, 1.807) is 0 Å². The van der Waals surface area contributed by atoms with Gasteiger partial charge in [0.1, 0.15) is 17.8 Å². The molecule has 4 atom stereocenters. The molecule has 1 aromatic rings. The van der Waals surface area contributed by atoms with Crippen LogP contribution in [-0.4, -0.2) is 49.3 Å². The Hall–Kier alpha value is -1.06. The Labute approximate surface area is 107 Å². The minimum Gasteiger partial charge on any atom is -0.394 e. The van der Waals surface area contributed by atoms with E-state index in [0.29, 0.717) is 0 Å². The summed E-state index contributed by atoms with van der Waals surface area (Å²) >= 11 is 4.96. The fraction of sp³-hybridized carbons (Fsp3) is 0.600. The molecule has 4 N–H and O–H groups in total. The Bertz CT molecular complexity index is 552. The molecule has 0 saturated carbocycles. The minimum absolute atomic E-state index is 0.0681. The first-order valence-electron chi connectivity index (χ1n) is 5.36. The number of aromatic amines is 1. The van der Waals surface area contributed by atoms with Crippen LogP contribution in [0, 0.1) is 4.77 Å². The van der Waals surface area contributed by atoms with E-state index >= 15 is 0 Å². The molecule has 100 valence electrons. The maximum atomic E-state index is 11.1. The fourth-order valence-electron chi connectivity index (χ4n) is 2.00. The van der Waals surface area contributed by atoms with Crippen LogP contribution in [0.1, 0.15) is 13.2 Å². The Morgan fingerprint density at radius 2 is 2.33 bits per heavy atom. The lowest BCUT2D eigenvalue weighted by Crippen LogP contribution is -2.44. The largest absolute Gasteiger partial charge is 0.394 e. The van der Waals surface area contributed by atoms with Crippen molar-refractivity contribution >= 4 is 12.2 Å². The molecule has 0 radical (unpaired) electrons. The van der Waals surface area contributed by atoms with Crippen LogP contribution >= 0.6 is 12.2 Å². The lowest BCUT2D eigenvalue weighted by Gasteiger charge is -2.27. The van der Waals surface area contributed by atoms with Crippen LogP contribution in [-0.2, 0) is 4.74 Å². The highest BCUT2D eigenvalue weighted by molar-refractivity contribution is 7.71. The van der Waals surface area contributed by atoms with E-state index in [1.165, 1.54) is 23.8 Å². The molecule has 1 aromatic heterocycles. The molecule has 0 amide bonds. The van der Waals surface area contributed by atoms with Crippen LogP contribution in [0.15, 0.2) is 17.1 Å². The van der Waals surface area contributed by atoms with Gasteiger partial charge in [-0.1, -0.05) is 0 Å². The summed E-state index contributed by atoms with van der Waals surface area (Å²) in [5.41, 5.74) is -1.99. The first-order chi connectivity index (χ1) is 8.37. The van der Waals surface area contributed by atoms with Gasteiger partial charge in [0.25, 0.3) is 5.56 Å². The van der Waals surface area contributed by atoms with Crippen molar-refractivity contribution in [2.45, 2.75) is 31.0 Å². The van der Waals surface area contributed by atoms with Crippen LogP contribution in [0.5, 0.6) is 0 Å². The molecule has 1 saturated heterocycles. The Morgan fingerprint density at radius 3 is 2.83 bits per heavy atom. The molecular formula is C10H14N2O5S. The second-order valence-corrected chi connectivity index (χ2v) is 4.78. The highest BCUT2D eigenvalue weighted by Crippen LogP contribution is 2.37. The van der Waals surface area contributed by atoms with Crippen LogP contribution in [0.4, 0.5) is 0 Å². The molecule has 8 heteroatoms. The second kappa shape index (κ2) is 4.56. The minimum atomic E-state index is -1.62. The van der Waals surface area contributed by atoms with Crippen molar-refractivity contribution in [3.63, 3.8) is 0 Å². The Balaban J connectivity index is 2.45. The van der Waals surface area contributed by atoms with Gasteiger partial charge >= 0.3 is 0 Å². The lowest BCUT2D eigenvalue weighted by molar-refractivity contribution is -0.0979. The van der Waals surface area contributed by atoms with Gasteiger partial charge < -0.3 is 20.1 Å². The van der Waals surface area contributed by atoms with Gasteiger partial charge in [0.05, 0.1) is 6.61 Å². The summed E-state index contributed by atoms with van der Waals surface area (Å²) in [5.74, 6) is 0. The number of aromatic nitrogens is 2. The number of hydrogen-bond acceptors (Lipinski definition) is 6. The second-order valence-electron chi connectivity index (χ2n) is 4.40. The number of hydrogen-bond donors (Lipinski definition) is 4. The monoisotopic (exact) mass is 274 g/mol. The molecule has 2 rings (SSSR count). The van der Waals surface area contributed by atoms with Crippen LogP contribution in [0.2, 0.25) is 0 Å². The van der Waals surface area contributed by atoms with E-state index in [-0.39, 0.29) is 10.3 Å². The number of nitrogens with one attached hydrogen (secondary N) is 1. The normalized spacial score (nSPS) is 35.9. The first kappa shape index (κ1) is 13.4. The zero-order valence-electron chi connectivity index (χ0n) is 9.61. The van der Waals surface area contributed by atoms with Crippen molar-refractivity contribution in [2.75, 3.05) is 6.61 Å². The number of rotatable bonds is 2. The van der Waals surface area contributed by atoms with Crippen molar-refractivity contribution in [1.82, 2.24) is 9.55 Å². The van der Waals surface area contributed by atoms with Crippen molar-refractivity contribution in [3.05, 3.63) is 27.4 Å². The van der Waals surface area contributed by atoms with Gasteiger partial charge in [-0.05, 0) is 19.1 Å². The SMILES string of the molecule is C[C@@]1(O)C(O)C(CO)O[C@H]1n1ccc(=O)[nH]c1=S. The lowest BCUT2D eigenvalue weighted by atomic mass is 9.96. The molecule has 2 heterocycles. The third-order valence-corrected chi connectivity index (χ3v) is 3.35. The summed E-state index contributed by atoms with van der Waals surface area (Å²) < 4.78 is 6.77. The van der Waals surface area contributed by atoms with Crippen molar-refractivity contribution in [3.8, 4) is 0 Å². The number of aliphatic hydroxyl groups excluding tert-OH is 2. The third-order valence-electron chi connectivity index (χ3n) is 3.04. The van der Waals surface area contributed by atoms with Gasteiger partial charge in [0, 0.05) is 12.3 Å². The van der Waals surface area contributed by atoms with Gasteiger partial charge in [-0.25, -0.2) is 0 Å². The quantitative estimate of drug-likeness (QED) is 0.510. The standard InChI is InChI=1S/C10H14N2O5S/c1-10(16)7(15)5(4-13)17-8(10)12-3-2-6(14)11-9(12)18/h2-3,5,7-8,13,15-16H,4H2,1H3,(H,11,14,18)/t5?,7?,8-,10-/m1/s1. The summed E-state index contributed by atoms with van der Waals surface area (Å²) in [5, 5.41) is 29.1. The Kier molecular flexibility index (Phi) is 3.39. The van der Waals surface area contributed by atoms with Crippen LogP contribution in [0.25, 0.3) is 0 Å². The number of H-pyrrole nitrogens is 1. The van der Waals surface area contributed by atoms with Gasteiger partial charge in [-0.3, -0.25) is 14.3 Å². The van der Waals surface area contributed by atoms with Crippen molar-refractivity contribution in [1.29, 1.82) is 0 Å². The summed E-state index contributed by atoms with van der Waals surface area (Å²) in [7, 11) is 0. The predicted molar refractivity (Wildman–Crippen MR) is 63.5 cm³/mol. The van der Waals surface area contributed by atoms with Crippen LogP contribution < -0.4 is 5.56 Å². The summed E-state index contributed by atoms with van der Waals surface area (Å²) in [6.07, 6.45) is -1.76. The van der Waals surface area contributed by atoms with E-state index in [9.17, 15) is 15.0 Å². The topological polar surface area (TPSA) is 108 Å². The zero-order chi connectivity index (χ0) is 13.5.